The molecule has 0 aliphatic carbocycles. The van der Waals surface area contributed by atoms with Crippen molar-refractivity contribution in [1.29, 1.82) is 0 Å². The molecule has 1 saturated heterocycles. The van der Waals surface area contributed by atoms with Crippen molar-refractivity contribution < 1.29 is 22.7 Å². The first-order valence-electron chi connectivity index (χ1n) is 4.59. The molecule has 0 bridgehead atoms. The third kappa shape index (κ3) is 4.51. The zero-order chi connectivity index (χ0) is 11.5. The Morgan fingerprint density at radius 3 is 2.80 bits per heavy atom. The third-order valence-corrected chi connectivity index (χ3v) is 7.05. The van der Waals surface area contributed by atoms with Gasteiger partial charge < -0.3 is 0 Å². The molecule has 1 rings (SSSR count). The zero-order valence-electron chi connectivity index (χ0n) is 8.63. The average Bonchev–Trinajstić information content (AvgIpc) is 2.50. The summed E-state index contributed by atoms with van der Waals surface area (Å²) in [6, 6.07) is 0. The van der Waals surface area contributed by atoms with E-state index in [1.807, 2.05) is 0 Å². The molecule has 0 aromatic carbocycles. The Kier molecular flexibility index (Phi) is 4.58. The second-order valence-corrected chi connectivity index (χ2v) is 11.3. The Balaban J connectivity index is 2.42. The summed E-state index contributed by atoms with van der Waals surface area (Å²) in [5, 5.41) is 0. The summed E-state index contributed by atoms with van der Waals surface area (Å²) < 4.78 is 32.1. The van der Waals surface area contributed by atoms with Crippen molar-refractivity contribution in [2.75, 3.05) is 19.5 Å². The van der Waals surface area contributed by atoms with Gasteiger partial charge in [-0.25, -0.2) is 0 Å². The molecular formula is C8H14O5SSe. The first-order valence-corrected chi connectivity index (χ1v) is 9.49. The summed E-state index contributed by atoms with van der Waals surface area (Å²) in [6.45, 7) is 2.39. The molecule has 7 heteroatoms. The van der Waals surface area contributed by atoms with E-state index in [0.29, 0.717) is 19.6 Å². The van der Waals surface area contributed by atoms with E-state index < -0.39 is 28.2 Å². The maximum absolute atomic E-state index is 11.3. The minimum absolute atomic E-state index is 0.0260. The van der Waals surface area contributed by atoms with Crippen LogP contribution in [0, 0.1) is 0 Å². The van der Waals surface area contributed by atoms with E-state index in [-0.39, 0.29) is 10.8 Å². The number of carbonyl (C=O) groups is 1. The summed E-state index contributed by atoms with van der Waals surface area (Å²) in [7, 11) is -2.94. The van der Waals surface area contributed by atoms with Gasteiger partial charge in [0.05, 0.1) is 0 Å². The molecular weight excluding hydrogens is 287 g/mol. The van der Waals surface area contributed by atoms with Crippen LogP contribution < -0.4 is 0 Å². The topological polar surface area (TPSA) is 69.7 Å². The number of hydrogen-bond acceptors (Lipinski definition) is 5. The van der Waals surface area contributed by atoms with E-state index in [4.69, 9.17) is 9.47 Å². The van der Waals surface area contributed by atoms with Gasteiger partial charge in [-0.3, -0.25) is 0 Å². The van der Waals surface area contributed by atoms with Gasteiger partial charge in [0.15, 0.2) is 0 Å². The zero-order valence-corrected chi connectivity index (χ0v) is 11.2. The van der Waals surface area contributed by atoms with Crippen molar-refractivity contribution in [3.8, 4) is 0 Å². The van der Waals surface area contributed by atoms with Gasteiger partial charge in [0.25, 0.3) is 0 Å². The SMILES string of the molecule is CCOC(=O)[C@@H]1C[C@H]([Se]S(C)(=O)=O)CO1. The molecule has 2 atom stereocenters. The summed E-state index contributed by atoms with van der Waals surface area (Å²) >= 11 is -0.506. The van der Waals surface area contributed by atoms with Crippen molar-refractivity contribution in [2.24, 2.45) is 0 Å². The van der Waals surface area contributed by atoms with E-state index in [9.17, 15) is 13.2 Å². The van der Waals surface area contributed by atoms with E-state index in [1.54, 1.807) is 6.92 Å². The van der Waals surface area contributed by atoms with Crippen molar-refractivity contribution in [3.63, 3.8) is 0 Å². The van der Waals surface area contributed by atoms with Gasteiger partial charge in [-0.2, -0.15) is 0 Å². The fraction of sp³-hybridized carbons (Fsp3) is 0.875. The molecule has 0 saturated carbocycles. The van der Waals surface area contributed by atoms with Gasteiger partial charge in [0.2, 0.25) is 0 Å². The standard InChI is InChI=1S/C8H14O5SSe/c1-3-12-8(9)7-4-6(5-13-7)15-14(2,10)11/h6-7H,3-5H2,1-2H3/t6-,7-/m0/s1. The molecule has 1 fully saturated rings. The van der Waals surface area contributed by atoms with Crippen LogP contribution in [0.3, 0.4) is 0 Å². The number of hydrogen-bond donors (Lipinski definition) is 0. The summed E-state index contributed by atoms with van der Waals surface area (Å²) in [6.07, 6.45) is 1.11. The van der Waals surface area contributed by atoms with Gasteiger partial charge in [-0.05, 0) is 0 Å². The Morgan fingerprint density at radius 2 is 2.27 bits per heavy atom. The third-order valence-electron chi connectivity index (χ3n) is 1.82. The Morgan fingerprint density at radius 1 is 1.60 bits per heavy atom. The summed E-state index contributed by atoms with van der Waals surface area (Å²) in [5.41, 5.74) is 0. The fourth-order valence-electron chi connectivity index (χ4n) is 1.31. The number of esters is 1. The summed E-state index contributed by atoms with van der Waals surface area (Å²) in [5.74, 6) is -0.385. The van der Waals surface area contributed by atoms with Gasteiger partial charge in [0.1, 0.15) is 0 Å². The van der Waals surface area contributed by atoms with E-state index in [0.717, 1.165) is 0 Å². The predicted octanol–water partition coefficient (Wildman–Crippen LogP) is -0.209. The molecule has 0 aromatic rings. The number of ether oxygens (including phenoxy) is 2. The fourth-order valence-corrected chi connectivity index (χ4v) is 6.43. The van der Waals surface area contributed by atoms with Crippen LogP contribution in [-0.4, -0.2) is 53.8 Å². The van der Waals surface area contributed by atoms with Gasteiger partial charge in [-0.1, -0.05) is 0 Å². The van der Waals surface area contributed by atoms with E-state index >= 15 is 0 Å². The number of carbonyl (C=O) groups excluding carboxylic acids is 1. The van der Waals surface area contributed by atoms with Crippen LogP contribution in [0.25, 0.3) is 0 Å². The van der Waals surface area contributed by atoms with Crippen molar-refractivity contribution in [2.45, 2.75) is 24.3 Å². The molecule has 0 spiro atoms. The Labute approximate surface area is 94.6 Å². The molecule has 0 unspecified atom stereocenters. The van der Waals surface area contributed by atoms with Crippen molar-refractivity contribution in [3.05, 3.63) is 0 Å². The van der Waals surface area contributed by atoms with Crippen molar-refractivity contribution in [1.82, 2.24) is 0 Å². The van der Waals surface area contributed by atoms with Crippen molar-refractivity contribution >= 4 is 28.1 Å². The molecule has 1 heterocycles. The van der Waals surface area contributed by atoms with Crippen LogP contribution in [-0.2, 0) is 22.5 Å². The van der Waals surface area contributed by atoms with E-state index in [1.165, 1.54) is 6.26 Å². The molecule has 0 aromatic heterocycles. The molecule has 5 nitrogen and oxygen atoms in total. The Bertz CT molecular complexity index is 326. The molecule has 15 heavy (non-hydrogen) atoms. The van der Waals surface area contributed by atoms with Gasteiger partial charge in [0, 0.05) is 0 Å². The first kappa shape index (κ1) is 13.0. The van der Waals surface area contributed by atoms with Gasteiger partial charge in [-0.15, -0.1) is 0 Å². The maximum atomic E-state index is 11.3. The monoisotopic (exact) mass is 302 g/mol. The predicted molar refractivity (Wildman–Crippen MR) is 55.3 cm³/mol. The van der Waals surface area contributed by atoms with Crippen LogP contribution >= 0.6 is 0 Å². The first-order chi connectivity index (χ1) is 6.92. The van der Waals surface area contributed by atoms with E-state index in [2.05, 4.69) is 0 Å². The number of rotatable bonds is 4. The van der Waals surface area contributed by atoms with Crippen LogP contribution in [0.1, 0.15) is 13.3 Å². The Hall–Kier alpha value is -0.101. The van der Waals surface area contributed by atoms with Crippen LogP contribution in [0.15, 0.2) is 0 Å². The van der Waals surface area contributed by atoms with Gasteiger partial charge >= 0.3 is 94.5 Å². The summed E-state index contributed by atoms with van der Waals surface area (Å²) in [4.78, 5) is 11.2. The second-order valence-electron chi connectivity index (χ2n) is 3.23. The van der Waals surface area contributed by atoms with Crippen LogP contribution in [0.2, 0.25) is 4.82 Å². The molecule has 1 aliphatic rings. The van der Waals surface area contributed by atoms with Crippen LogP contribution in [0.4, 0.5) is 0 Å². The quantitative estimate of drug-likeness (QED) is 0.531. The molecule has 0 radical (unpaired) electrons. The molecule has 0 N–H and O–H groups in total. The molecule has 0 amide bonds. The average molecular weight is 301 g/mol. The molecule has 1 aliphatic heterocycles. The van der Waals surface area contributed by atoms with Crippen LogP contribution in [0.5, 0.6) is 0 Å². The molecule has 88 valence electrons. The second kappa shape index (κ2) is 5.30. The normalized spacial score (nSPS) is 26.5. The minimum atomic E-state index is -2.94.